The molecule has 32 heavy (non-hydrogen) atoms. The van der Waals surface area contributed by atoms with Gasteiger partial charge in [-0.1, -0.05) is 106 Å². The summed E-state index contributed by atoms with van der Waals surface area (Å²) < 4.78 is 1.22. The molecule has 3 aromatic carbocycles. The van der Waals surface area contributed by atoms with Crippen LogP contribution in [0.15, 0.2) is 84.9 Å². The summed E-state index contributed by atoms with van der Waals surface area (Å²) in [5.74, 6) is 0. The second-order valence-corrected chi connectivity index (χ2v) is 10.9. The van der Waals surface area contributed by atoms with Gasteiger partial charge in [-0.25, -0.2) is 0 Å². The van der Waals surface area contributed by atoms with Crippen LogP contribution in [0.25, 0.3) is 0 Å². The van der Waals surface area contributed by atoms with Crippen molar-refractivity contribution in [2.45, 2.75) is 53.0 Å². The lowest BCUT2D eigenvalue weighted by Crippen LogP contribution is -3.00. The Kier molecular flexibility index (Phi) is 11.7. The van der Waals surface area contributed by atoms with Crippen molar-refractivity contribution in [3.63, 3.8) is 0 Å². The highest BCUT2D eigenvalue weighted by atomic mass is 79.9. The Morgan fingerprint density at radius 2 is 1.12 bits per heavy atom. The maximum absolute atomic E-state index is 2.51. The topological polar surface area (TPSA) is 0 Å². The average Bonchev–Trinajstić information content (AvgIpc) is 2.83. The van der Waals surface area contributed by atoms with Crippen molar-refractivity contribution in [2.75, 3.05) is 19.6 Å². The summed E-state index contributed by atoms with van der Waals surface area (Å²) in [6.45, 7) is 12.0. The van der Waals surface area contributed by atoms with Gasteiger partial charge < -0.3 is 21.5 Å². The van der Waals surface area contributed by atoms with Gasteiger partial charge in [0.1, 0.15) is 6.54 Å². The largest absolute Gasteiger partial charge is 1.00 e. The molecular weight excluding hydrogens is 473 g/mol. The molecule has 3 heteroatoms. The predicted molar refractivity (Wildman–Crippen MR) is 139 cm³/mol. The van der Waals surface area contributed by atoms with E-state index in [1.807, 2.05) is 0 Å². The van der Waals surface area contributed by atoms with Gasteiger partial charge in [-0.05, 0) is 49.7 Å². The maximum Gasteiger partial charge on any atom is 0.104 e. The van der Waals surface area contributed by atoms with E-state index in [1.165, 1.54) is 71.3 Å². The Balaban J connectivity index is 0.00000363. The molecule has 0 spiro atoms. The van der Waals surface area contributed by atoms with E-state index < -0.39 is 7.92 Å². The first-order chi connectivity index (χ1) is 15.2. The summed E-state index contributed by atoms with van der Waals surface area (Å²) in [4.78, 5) is 0. The van der Waals surface area contributed by atoms with Crippen molar-refractivity contribution < 1.29 is 21.5 Å². The van der Waals surface area contributed by atoms with Crippen LogP contribution in [0.5, 0.6) is 0 Å². The van der Waals surface area contributed by atoms with Crippen LogP contribution in [-0.2, 0) is 6.54 Å². The number of unbranched alkanes of at least 4 members (excludes halogenated alkanes) is 2. The van der Waals surface area contributed by atoms with E-state index in [2.05, 4.69) is 106 Å². The highest BCUT2D eigenvalue weighted by Gasteiger charge is 2.25. The zero-order chi connectivity index (χ0) is 21.9. The minimum atomic E-state index is -0.537. The standard InChI is InChI=1S/C29H39NP.BrH/c1-4-7-22-30(6-3,23-8-5-2)25-26-16-15-21-29(24-26)31(27-17-11-9-12-18-27)28-19-13-10-14-20-28;/h9-21,24H,4-8,22-23,25H2,1-3H3;1H/q+1;/p-1. The molecule has 3 rings (SSSR count). The van der Waals surface area contributed by atoms with Gasteiger partial charge in [-0.3, -0.25) is 0 Å². The first-order valence-electron chi connectivity index (χ1n) is 12.1. The van der Waals surface area contributed by atoms with Crippen molar-refractivity contribution in [1.29, 1.82) is 0 Å². The van der Waals surface area contributed by atoms with Crippen molar-refractivity contribution in [3.8, 4) is 0 Å². The molecule has 3 aromatic rings. The fourth-order valence-electron chi connectivity index (χ4n) is 4.47. The van der Waals surface area contributed by atoms with Crippen LogP contribution in [0.3, 0.4) is 0 Å². The molecule has 0 saturated carbocycles. The highest BCUT2D eigenvalue weighted by Crippen LogP contribution is 2.33. The maximum atomic E-state index is 2.51. The summed E-state index contributed by atoms with van der Waals surface area (Å²) in [5.41, 5.74) is 1.49. The summed E-state index contributed by atoms with van der Waals surface area (Å²) in [7, 11) is -0.537. The molecule has 0 amide bonds. The molecule has 0 fully saturated rings. The quantitative estimate of drug-likeness (QED) is 0.258. The normalized spacial score (nSPS) is 11.4. The molecule has 0 heterocycles. The number of hydrogen-bond donors (Lipinski definition) is 0. The Morgan fingerprint density at radius 3 is 1.59 bits per heavy atom. The monoisotopic (exact) mass is 511 g/mol. The van der Waals surface area contributed by atoms with Gasteiger partial charge in [0, 0.05) is 5.56 Å². The molecule has 0 saturated heterocycles. The fourth-order valence-corrected chi connectivity index (χ4v) is 6.83. The molecule has 0 aliphatic rings. The molecule has 0 atom stereocenters. The number of quaternary nitrogens is 1. The molecule has 0 N–H and O–H groups in total. The molecular formula is C29H39BrNP. The Bertz CT molecular complexity index is 850. The number of rotatable bonds is 12. The predicted octanol–water partition coefficient (Wildman–Crippen LogP) is 3.39. The van der Waals surface area contributed by atoms with Gasteiger partial charge in [0.2, 0.25) is 0 Å². The minimum absolute atomic E-state index is 0. The zero-order valence-electron chi connectivity index (χ0n) is 20.0. The number of halogens is 1. The van der Waals surface area contributed by atoms with Crippen LogP contribution in [0, 0.1) is 0 Å². The fraction of sp³-hybridized carbons (Fsp3) is 0.379. The lowest BCUT2D eigenvalue weighted by molar-refractivity contribution is -0.939. The number of hydrogen-bond acceptors (Lipinski definition) is 0. The Morgan fingerprint density at radius 1 is 0.625 bits per heavy atom. The number of nitrogens with zero attached hydrogens (tertiary/aromatic N) is 1. The van der Waals surface area contributed by atoms with E-state index >= 15 is 0 Å². The van der Waals surface area contributed by atoms with E-state index in [0.717, 1.165) is 6.54 Å². The third-order valence-corrected chi connectivity index (χ3v) is 8.78. The zero-order valence-corrected chi connectivity index (χ0v) is 22.5. The highest BCUT2D eigenvalue weighted by molar-refractivity contribution is 7.79. The van der Waals surface area contributed by atoms with Crippen LogP contribution in [-0.4, -0.2) is 24.1 Å². The molecule has 0 aliphatic carbocycles. The minimum Gasteiger partial charge on any atom is -1.00 e. The lowest BCUT2D eigenvalue weighted by atomic mass is 10.1. The van der Waals surface area contributed by atoms with Crippen LogP contribution < -0.4 is 32.9 Å². The van der Waals surface area contributed by atoms with Gasteiger partial charge in [0.25, 0.3) is 0 Å². The molecule has 1 nitrogen and oxygen atoms in total. The van der Waals surface area contributed by atoms with Crippen LogP contribution >= 0.6 is 7.92 Å². The van der Waals surface area contributed by atoms with Crippen molar-refractivity contribution in [3.05, 3.63) is 90.5 Å². The van der Waals surface area contributed by atoms with Gasteiger partial charge in [-0.2, -0.15) is 0 Å². The Labute approximate surface area is 208 Å². The van der Waals surface area contributed by atoms with E-state index in [4.69, 9.17) is 0 Å². The molecule has 172 valence electrons. The molecule has 0 unspecified atom stereocenters. The first kappa shape index (κ1) is 26.8. The second kappa shape index (κ2) is 13.9. The molecule has 0 aliphatic heterocycles. The summed E-state index contributed by atoms with van der Waals surface area (Å²) in [5, 5.41) is 4.31. The first-order valence-corrected chi connectivity index (χ1v) is 13.4. The lowest BCUT2D eigenvalue weighted by Gasteiger charge is -2.38. The SMILES string of the molecule is CCCC[N+](CC)(CCCC)Cc1cccc(P(c2ccccc2)c2ccccc2)c1.[Br-]. The van der Waals surface area contributed by atoms with Crippen LogP contribution in [0.1, 0.15) is 52.0 Å². The van der Waals surface area contributed by atoms with E-state index in [-0.39, 0.29) is 17.0 Å². The van der Waals surface area contributed by atoms with Crippen LogP contribution in [0.4, 0.5) is 0 Å². The molecule has 0 aromatic heterocycles. The summed E-state index contributed by atoms with van der Waals surface area (Å²) >= 11 is 0. The second-order valence-electron chi connectivity index (χ2n) is 8.65. The van der Waals surface area contributed by atoms with Crippen molar-refractivity contribution in [2.24, 2.45) is 0 Å². The third-order valence-electron chi connectivity index (χ3n) is 6.36. The van der Waals surface area contributed by atoms with Gasteiger partial charge in [-0.15, -0.1) is 0 Å². The third kappa shape index (κ3) is 7.27. The van der Waals surface area contributed by atoms with Gasteiger partial charge in [0.05, 0.1) is 19.6 Å². The van der Waals surface area contributed by atoms with E-state index in [9.17, 15) is 0 Å². The van der Waals surface area contributed by atoms with Gasteiger partial charge >= 0.3 is 0 Å². The number of benzene rings is 3. The molecule has 0 bridgehead atoms. The smallest absolute Gasteiger partial charge is 0.104 e. The van der Waals surface area contributed by atoms with Gasteiger partial charge in [0.15, 0.2) is 0 Å². The van der Waals surface area contributed by atoms with E-state index in [1.54, 1.807) is 0 Å². The van der Waals surface area contributed by atoms with E-state index in [0.29, 0.717) is 0 Å². The Hall–Kier alpha value is -1.47. The molecule has 0 radical (unpaired) electrons. The summed E-state index contributed by atoms with van der Waals surface area (Å²) in [6.07, 6.45) is 5.19. The van der Waals surface area contributed by atoms with Crippen molar-refractivity contribution >= 4 is 23.8 Å². The van der Waals surface area contributed by atoms with Crippen LogP contribution in [0.2, 0.25) is 0 Å². The average molecular weight is 513 g/mol. The van der Waals surface area contributed by atoms with Crippen molar-refractivity contribution in [1.82, 2.24) is 0 Å². The summed E-state index contributed by atoms with van der Waals surface area (Å²) in [6, 6.07) is 31.6.